The van der Waals surface area contributed by atoms with Gasteiger partial charge in [0, 0.05) is 12.1 Å². The van der Waals surface area contributed by atoms with Crippen molar-refractivity contribution >= 4 is 23.2 Å². The summed E-state index contributed by atoms with van der Waals surface area (Å²) in [5.74, 6) is -0.657. The number of nitrogens with zero attached hydrogens (tertiary/aromatic N) is 2. The molecule has 1 aromatic heterocycles. The normalized spacial score (nSPS) is 11.6. The fraction of sp³-hybridized carbons (Fsp3) is 0.333. The van der Waals surface area contributed by atoms with E-state index in [2.05, 4.69) is 10.4 Å². The summed E-state index contributed by atoms with van der Waals surface area (Å²) >= 11 is 5.61. The molecule has 0 bridgehead atoms. The molecule has 124 valence electrons. The van der Waals surface area contributed by atoms with Gasteiger partial charge in [-0.2, -0.15) is 18.3 Å². The minimum Gasteiger partial charge on any atom is -0.320 e. The summed E-state index contributed by atoms with van der Waals surface area (Å²) in [5, 5.41) is 6.38. The molecular weight excluding hydrogens is 331 g/mol. The van der Waals surface area contributed by atoms with Crippen molar-refractivity contribution in [3.05, 3.63) is 46.2 Å². The number of aryl methyl sites for hydroxylation is 2. The van der Waals surface area contributed by atoms with Crippen LogP contribution in [0.5, 0.6) is 0 Å². The van der Waals surface area contributed by atoms with E-state index in [0.717, 1.165) is 18.6 Å². The Morgan fingerprint density at radius 3 is 2.65 bits per heavy atom. The molecule has 1 N–H and O–H groups in total. The molecule has 1 amide bonds. The summed E-state index contributed by atoms with van der Waals surface area (Å²) in [6.45, 7) is 1.97. The van der Waals surface area contributed by atoms with Crippen molar-refractivity contribution in [2.45, 2.75) is 25.9 Å². The quantitative estimate of drug-likeness (QED) is 0.898. The minimum absolute atomic E-state index is 0.0545. The first-order valence-corrected chi connectivity index (χ1v) is 7.31. The molecule has 0 aliphatic heterocycles. The van der Waals surface area contributed by atoms with Crippen molar-refractivity contribution in [2.75, 3.05) is 5.32 Å². The zero-order valence-corrected chi connectivity index (χ0v) is 13.3. The second kappa shape index (κ2) is 6.62. The molecule has 4 nitrogen and oxygen atoms in total. The zero-order valence-electron chi connectivity index (χ0n) is 12.5. The smallest absolute Gasteiger partial charge is 0.320 e. The van der Waals surface area contributed by atoms with Crippen LogP contribution in [0, 0.1) is 0 Å². The molecule has 1 heterocycles. The highest BCUT2D eigenvalue weighted by Gasteiger charge is 2.34. The Hall–Kier alpha value is -2.02. The Bertz CT molecular complexity index is 725. The Labute approximate surface area is 136 Å². The summed E-state index contributed by atoms with van der Waals surface area (Å²) in [6, 6.07) is 4.77. The van der Waals surface area contributed by atoms with Gasteiger partial charge in [0.05, 0.1) is 16.9 Å². The summed E-state index contributed by atoms with van der Waals surface area (Å²) in [6.07, 6.45) is -3.07. The number of nitrogens with one attached hydrogen (secondary N) is 1. The van der Waals surface area contributed by atoms with Gasteiger partial charge in [-0.3, -0.25) is 9.48 Å². The summed E-state index contributed by atoms with van der Waals surface area (Å²) < 4.78 is 40.5. The molecule has 0 saturated carbocycles. The fourth-order valence-corrected chi connectivity index (χ4v) is 2.34. The third-order valence-electron chi connectivity index (χ3n) is 3.20. The standard InChI is InChI=1S/C15H15ClF3N3O/c1-3-4-10-8-13(22(2)21-10)14(23)20-12-6-5-9(16)7-11(12)15(17,18)19/h5-8H,3-4H2,1-2H3,(H,20,23). The molecule has 0 spiro atoms. The van der Waals surface area contributed by atoms with E-state index >= 15 is 0 Å². The van der Waals surface area contributed by atoms with Gasteiger partial charge < -0.3 is 5.32 Å². The van der Waals surface area contributed by atoms with Crippen molar-refractivity contribution in [3.63, 3.8) is 0 Å². The van der Waals surface area contributed by atoms with Crippen LogP contribution < -0.4 is 5.32 Å². The van der Waals surface area contributed by atoms with E-state index in [0.29, 0.717) is 12.1 Å². The van der Waals surface area contributed by atoms with Gasteiger partial charge in [-0.25, -0.2) is 0 Å². The van der Waals surface area contributed by atoms with Gasteiger partial charge in [-0.05, 0) is 30.7 Å². The van der Waals surface area contributed by atoms with E-state index in [-0.39, 0.29) is 16.4 Å². The van der Waals surface area contributed by atoms with Crippen LogP contribution in [0.4, 0.5) is 18.9 Å². The molecule has 0 fully saturated rings. The number of alkyl halides is 3. The molecule has 23 heavy (non-hydrogen) atoms. The van der Waals surface area contributed by atoms with E-state index in [1.165, 1.54) is 10.7 Å². The second-order valence-corrected chi connectivity index (χ2v) is 5.47. The number of halogens is 4. The van der Waals surface area contributed by atoms with E-state index in [1.807, 2.05) is 6.92 Å². The summed E-state index contributed by atoms with van der Waals surface area (Å²) in [7, 11) is 1.57. The largest absolute Gasteiger partial charge is 0.418 e. The minimum atomic E-state index is -4.62. The van der Waals surface area contributed by atoms with Gasteiger partial charge >= 0.3 is 6.18 Å². The molecule has 0 saturated heterocycles. The van der Waals surface area contributed by atoms with Crippen LogP contribution in [-0.2, 0) is 19.6 Å². The van der Waals surface area contributed by atoms with E-state index in [1.54, 1.807) is 13.1 Å². The van der Waals surface area contributed by atoms with E-state index < -0.39 is 17.6 Å². The van der Waals surface area contributed by atoms with E-state index in [9.17, 15) is 18.0 Å². The third kappa shape index (κ3) is 4.04. The van der Waals surface area contributed by atoms with Gasteiger partial charge in [-0.1, -0.05) is 24.9 Å². The van der Waals surface area contributed by atoms with E-state index in [4.69, 9.17) is 11.6 Å². The Balaban J connectivity index is 2.31. The van der Waals surface area contributed by atoms with Crippen molar-refractivity contribution in [3.8, 4) is 0 Å². The summed E-state index contributed by atoms with van der Waals surface area (Å²) in [4.78, 5) is 12.2. The highest BCUT2D eigenvalue weighted by molar-refractivity contribution is 6.30. The maximum atomic E-state index is 13.0. The number of aromatic nitrogens is 2. The van der Waals surface area contributed by atoms with Gasteiger partial charge in [0.15, 0.2) is 0 Å². The average molecular weight is 346 g/mol. The molecule has 2 rings (SSSR count). The van der Waals surface area contributed by atoms with Crippen molar-refractivity contribution in [2.24, 2.45) is 7.05 Å². The average Bonchev–Trinajstić information content (AvgIpc) is 2.81. The van der Waals surface area contributed by atoms with Gasteiger partial charge in [0.25, 0.3) is 5.91 Å². The maximum absolute atomic E-state index is 13.0. The number of hydrogen-bond donors (Lipinski definition) is 1. The number of rotatable bonds is 4. The SMILES string of the molecule is CCCc1cc(C(=O)Nc2ccc(Cl)cc2C(F)(F)F)n(C)n1. The second-order valence-electron chi connectivity index (χ2n) is 5.04. The molecule has 0 radical (unpaired) electrons. The number of amides is 1. The number of hydrogen-bond acceptors (Lipinski definition) is 2. The first-order valence-electron chi connectivity index (χ1n) is 6.93. The monoisotopic (exact) mass is 345 g/mol. The number of anilines is 1. The first kappa shape index (κ1) is 17.3. The fourth-order valence-electron chi connectivity index (χ4n) is 2.16. The Kier molecular flexibility index (Phi) is 4.99. The number of carbonyl (C=O) groups excluding carboxylic acids is 1. The lowest BCUT2D eigenvalue weighted by Crippen LogP contribution is -2.19. The van der Waals surface area contributed by atoms with Crippen LogP contribution >= 0.6 is 11.6 Å². The van der Waals surface area contributed by atoms with Crippen molar-refractivity contribution in [1.82, 2.24) is 9.78 Å². The third-order valence-corrected chi connectivity index (χ3v) is 3.44. The van der Waals surface area contributed by atoms with Crippen LogP contribution in [0.3, 0.4) is 0 Å². The number of benzene rings is 1. The molecule has 0 aliphatic carbocycles. The molecule has 2 aromatic rings. The molecule has 1 aromatic carbocycles. The molecule has 0 unspecified atom stereocenters. The van der Waals surface area contributed by atoms with Crippen molar-refractivity contribution in [1.29, 1.82) is 0 Å². The number of carbonyl (C=O) groups is 1. The molecule has 0 aliphatic rings. The Morgan fingerprint density at radius 2 is 2.04 bits per heavy atom. The highest BCUT2D eigenvalue weighted by Crippen LogP contribution is 2.36. The first-order chi connectivity index (χ1) is 10.7. The van der Waals surface area contributed by atoms with Crippen LogP contribution in [0.2, 0.25) is 5.02 Å². The van der Waals surface area contributed by atoms with Gasteiger partial charge in [0.2, 0.25) is 0 Å². The molecule has 0 atom stereocenters. The maximum Gasteiger partial charge on any atom is 0.418 e. The van der Waals surface area contributed by atoms with Crippen LogP contribution in [0.25, 0.3) is 0 Å². The predicted molar refractivity (Wildman–Crippen MR) is 81.6 cm³/mol. The van der Waals surface area contributed by atoms with Crippen LogP contribution in [-0.4, -0.2) is 15.7 Å². The lowest BCUT2D eigenvalue weighted by Gasteiger charge is -2.14. The van der Waals surface area contributed by atoms with Gasteiger partial charge in [0.1, 0.15) is 5.69 Å². The van der Waals surface area contributed by atoms with Crippen LogP contribution in [0.1, 0.15) is 35.1 Å². The predicted octanol–water partition coefficient (Wildman–Crippen LogP) is 4.30. The summed E-state index contributed by atoms with van der Waals surface area (Å²) in [5.41, 5.74) is -0.428. The molecular formula is C15H15ClF3N3O. The van der Waals surface area contributed by atoms with Gasteiger partial charge in [-0.15, -0.1) is 0 Å². The zero-order chi connectivity index (χ0) is 17.2. The highest BCUT2D eigenvalue weighted by atomic mass is 35.5. The van der Waals surface area contributed by atoms with Crippen LogP contribution in [0.15, 0.2) is 24.3 Å². The topological polar surface area (TPSA) is 46.9 Å². The van der Waals surface area contributed by atoms with Crippen molar-refractivity contribution < 1.29 is 18.0 Å². The molecule has 8 heteroatoms. The lowest BCUT2D eigenvalue weighted by molar-refractivity contribution is -0.136. The Morgan fingerprint density at radius 1 is 1.35 bits per heavy atom. The lowest BCUT2D eigenvalue weighted by atomic mass is 10.1.